The molecular weight excluding hydrogens is 569 g/mol. The Balaban J connectivity index is 1.51. The predicted molar refractivity (Wildman–Crippen MR) is 139 cm³/mol. The van der Waals surface area contributed by atoms with Gasteiger partial charge in [-0.15, -0.1) is 13.2 Å². The van der Waals surface area contributed by atoms with Crippen molar-refractivity contribution in [3.05, 3.63) is 87.3 Å². The zero-order chi connectivity index (χ0) is 29.1. The van der Waals surface area contributed by atoms with E-state index in [4.69, 9.17) is 20.9 Å². The maximum Gasteiger partial charge on any atom is 0.573 e. The minimum absolute atomic E-state index is 0.00867. The summed E-state index contributed by atoms with van der Waals surface area (Å²) < 4.78 is 56.3. The van der Waals surface area contributed by atoms with Crippen LogP contribution < -0.4 is 15.7 Å². The number of imide groups is 1. The Kier molecular flexibility index (Phi) is 6.07. The molecule has 6 rings (SSSR count). The molecule has 0 aliphatic carbocycles. The van der Waals surface area contributed by atoms with Gasteiger partial charge in [-0.2, -0.15) is 0 Å². The molecule has 5 aromatic rings. The summed E-state index contributed by atoms with van der Waals surface area (Å²) in [5.41, 5.74) is -0.306. The first-order valence-corrected chi connectivity index (χ1v) is 12.5. The van der Waals surface area contributed by atoms with Crippen LogP contribution in [-0.2, 0) is 22.5 Å². The SMILES string of the molecule is C[C@]1(Cc2ccccc2Cn2c(=O)n(-c3noc4cc(Cl)ccc34)c3ccc(OC(F)(F)F)cc32)OC(=O)NC1=O. The number of nitrogens with zero attached hydrogens (tertiary/aromatic N) is 3. The largest absolute Gasteiger partial charge is 0.573 e. The third kappa shape index (κ3) is 4.78. The lowest BCUT2D eigenvalue weighted by atomic mass is 9.92. The van der Waals surface area contributed by atoms with E-state index < -0.39 is 35.4 Å². The number of amides is 2. The molecule has 41 heavy (non-hydrogen) atoms. The summed E-state index contributed by atoms with van der Waals surface area (Å²) in [6.45, 7) is 1.35. The van der Waals surface area contributed by atoms with Crippen LogP contribution in [0.4, 0.5) is 18.0 Å². The van der Waals surface area contributed by atoms with Gasteiger partial charge >= 0.3 is 18.1 Å². The maximum absolute atomic E-state index is 13.9. The lowest BCUT2D eigenvalue weighted by Gasteiger charge is -2.21. The number of carbonyl (C=O) groups is 2. The molecule has 1 N–H and O–H groups in total. The Morgan fingerprint density at radius 3 is 2.49 bits per heavy atom. The van der Waals surface area contributed by atoms with Crippen molar-refractivity contribution < 1.29 is 36.8 Å². The van der Waals surface area contributed by atoms with E-state index >= 15 is 0 Å². The Morgan fingerprint density at radius 2 is 1.78 bits per heavy atom. The third-order valence-corrected chi connectivity index (χ3v) is 6.98. The second kappa shape index (κ2) is 9.41. The molecule has 1 atom stereocenters. The average Bonchev–Trinajstić information content (AvgIpc) is 3.49. The zero-order valence-corrected chi connectivity index (χ0v) is 21.7. The number of fused-ring (bicyclic) bond motifs is 2. The molecule has 3 heterocycles. The number of alkyl carbamates (subject to hydrolysis) is 1. The molecular formula is C27H18ClF3N4O6. The van der Waals surface area contributed by atoms with Gasteiger partial charge in [0.15, 0.2) is 17.0 Å². The Bertz CT molecular complexity index is 1930. The molecule has 0 bridgehead atoms. The number of ether oxygens (including phenoxy) is 2. The molecule has 3 aromatic carbocycles. The van der Waals surface area contributed by atoms with E-state index in [0.717, 1.165) is 12.1 Å². The molecule has 14 heteroatoms. The standard InChI is InChI=1S/C27H18ClF3N4O6/c1-26(23(36)32-24(37)40-26)12-14-4-2-3-5-15(14)13-34-20-11-17(39-27(29,30)31)7-9-19(20)35(25(34)38)22-18-8-6-16(28)10-21(18)41-33-22/h2-11H,12-13H2,1H3,(H,32,36,37)/t26-/m1/s1. The van der Waals surface area contributed by atoms with Crippen LogP contribution in [0.25, 0.3) is 27.8 Å². The molecule has 0 spiro atoms. The maximum atomic E-state index is 13.9. The summed E-state index contributed by atoms with van der Waals surface area (Å²) in [5.74, 6) is -1.02. The Morgan fingerprint density at radius 1 is 1.02 bits per heavy atom. The van der Waals surface area contributed by atoms with Crippen molar-refractivity contribution in [2.24, 2.45) is 0 Å². The van der Waals surface area contributed by atoms with Crippen LogP contribution in [-0.4, -0.2) is 38.3 Å². The summed E-state index contributed by atoms with van der Waals surface area (Å²) in [7, 11) is 0. The first-order chi connectivity index (χ1) is 19.4. The van der Waals surface area contributed by atoms with Crippen molar-refractivity contribution in [2.75, 3.05) is 0 Å². The summed E-state index contributed by atoms with van der Waals surface area (Å²) in [4.78, 5) is 38.0. The molecule has 1 aliphatic rings. The van der Waals surface area contributed by atoms with Gasteiger partial charge in [0.25, 0.3) is 5.91 Å². The van der Waals surface area contributed by atoms with E-state index in [1.807, 2.05) is 0 Å². The summed E-state index contributed by atoms with van der Waals surface area (Å²) in [5, 5.41) is 6.98. The summed E-state index contributed by atoms with van der Waals surface area (Å²) in [6.07, 6.45) is -5.83. The number of alkyl halides is 3. The number of hydrogen-bond acceptors (Lipinski definition) is 7. The fourth-order valence-corrected chi connectivity index (χ4v) is 5.05. The number of nitrogens with one attached hydrogen (secondary N) is 1. The van der Waals surface area contributed by atoms with Gasteiger partial charge in [-0.1, -0.05) is 41.0 Å². The van der Waals surface area contributed by atoms with Crippen molar-refractivity contribution >= 4 is 45.6 Å². The van der Waals surface area contributed by atoms with Crippen molar-refractivity contribution in [1.82, 2.24) is 19.6 Å². The number of carbonyl (C=O) groups excluding carboxylic acids is 2. The minimum Gasteiger partial charge on any atom is -0.432 e. The fourth-order valence-electron chi connectivity index (χ4n) is 4.88. The van der Waals surface area contributed by atoms with Crippen molar-refractivity contribution in [1.29, 1.82) is 0 Å². The predicted octanol–water partition coefficient (Wildman–Crippen LogP) is 5.10. The number of halogens is 4. The molecule has 0 saturated carbocycles. The van der Waals surface area contributed by atoms with Crippen LogP contribution in [0.1, 0.15) is 18.1 Å². The van der Waals surface area contributed by atoms with Gasteiger partial charge in [-0.3, -0.25) is 14.7 Å². The van der Waals surface area contributed by atoms with Crippen LogP contribution in [0.2, 0.25) is 5.02 Å². The molecule has 10 nitrogen and oxygen atoms in total. The monoisotopic (exact) mass is 586 g/mol. The van der Waals surface area contributed by atoms with Crippen molar-refractivity contribution in [3.63, 3.8) is 0 Å². The number of aromatic nitrogens is 3. The second-order valence-electron chi connectivity index (χ2n) is 9.57. The van der Waals surface area contributed by atoms with Gasteiger partial charge in [-0.05, 0) is 42.3 Å². The molecule has 0 unspecified atom stereocenters. The van der Waals surface area contributed by atoms with Crippen LogP contribution in [0.3, 0.4) is 0 Å². The number of hydrogen-bond donors (Lipinski definition) is 1. The van der Waals surface area contributed by atoms with E-state index in [1.54, 1.807) is 36.4 Å². The summed E-state index contributed by atoms with van der Waals surface area (Å²) >= 11 is 6.05. The quantitative estimate of drug-likeness (QED) is 0.294. The van der Waals surface area contributed by atoms with Crippen LogP contribution in [0.5, 0.6) is 5.75 Å². The first-order valence-electron chi connectivity index (χ1n) is 12.1. The zero-order valence-electron chi connectivity index (χ0n) is 21.0. The van der Waals surface area contributed by atoms with Crippen LogP contribution >= 0.6 is 11.6 Å². The molecule has 1 aliphatic heterocycles. The molecule has 2 aromatic heterocycles. The molecule has 1 saturated heterocycles. The Labute approximate surface area is 232 Å². The number of cyclic esters (lactones) is 1. The van der Waals surface area contributed by atoms with E-state index in [2.05, 4.69) is 15.2 Å². The Hall–Kier alpha value is -4.78. The van der Waals surface area contributed by atoms with E-state index in [0.29, 0.717) is 27.1 Å². The molecule has 0 radical (unpaired) electrons. The van der Waals surface area contributed by atoms with E-state index in [-0.39, 0.29) is 29.8 Å². The highest BCUT2D eigenvalue weighted by atomic mass is 35.5. The molecule has 1 fully saturated rings. The minimum atomic E-state index is -4.95. The van der Waals surface area contributed by atoms with Gasteiger partial charge in [0.2, 0.25) is 0 Å². The van der Waals surface area contributed by atoms with Crippen molar-refractivity contribution in [2.45, 2.75) is 31.9 Å². The topological polar surface area (TPSA) is 118 Å². The normalized spacial score (nSPS) is 17.3. The third-order valence-electron chi connectivity index (χ3n) is 6.75. The molecule has 2 amide bonds. The van der Waals surface area contributed by atoms with E-state index in [9.17, 15) is 27.6 Å². The van der Waals surface area contributed by atoms with E-state index in [1.165, 1.54) is 28.2 Å². The van der Waals surface area contributed by atoms with Gasteiger partial charge in [-0.25, -0.2) is 14.2 Å². The summed E-state index contributed by atoms with van der Waals surface area (Å²) in [6, 6.07) is 15.1. The first kappa shape index (κ1) is 26.4. The van der Waals surface area contributed by atoms with Gasteiger partial charge in [0, 0.05) is 23.6 Å². The highest BCUT2D eigenvalue weighted by Gasteiger charge is 2.45. The second-order valence-corrected chi connectivity index (χ2v) is 10.0. The highest BCUT2D eigenvalue weighted by Crippen LogP contribution is 2.31. The van der Waals surface area contributed by atoms with Crippen LogP contribution in [0.15, 0.2) is 70.0 Å². The van der Waals surface area contributed by atoms with Gasteiger partial charge in [0.05, 0.1) is 23.0 Å². The number of rotatable bonds is 6. The average molecular weight is 587 g/mol. The number of imidazole rings is 1. The molecule has 210 valence electrons. The van der Waals surface area contributed by atoms with Crippen molar-refractivity contribution in [3.8, 4) is 11.6 Å². The smallest absolute Gasteiger partial charge is 0.432 e. The van der Waals surface area contributed by atoms with Gasteiger partial charge < -0.3 is 14.0 Å². The lowest BCUT2D eigenvalue weighted by molar-refractivity contribution is -0.274. The lowest BCUT2D eigenvalue weighted by Crippen LogP contribution is -2.38. The van der Waals surface area contributed by atoms with Crippen LogP contribution in [0, 0.1) is 0 Å². The number of benzene rings is 3. The fraction of sp³-hybridized carbons (Fsp3) is 0.185. The highest BCUT2D eigenvalue weighted by molar-refractivity contribution is 6.31. The van der Waals surface area contributed by atoms with Gasteiger partial charge in [0.1, 0.15) is 5.75 Å².